The summed E-state index contributed by atoms with van der Waals surface area (Å²) in [4.78, 5) is 13.3. The predicted molar refractivity (Wildman–Crippen MR) is 71.9 cm³/mol. The molecule has 1 aromatic rings. The molecule has 0 fully saturated rings. The maximum absolute atomic E-state index is 11.7. The Balaban J connectivity index is 2.20. The molecule has 17 heavy (non-hydrogen) atoms. The van der Waals surface area contributed by atoms with Crippen LogP contribution in [0.3, 0.4) is 0 Å². The van der Waals surface area contributed by atoms with E-state index in [1.165, 1.54) is 5.56 Å². The first-order valence-electron chi connectivity index (χ1n) is 5.70. The molecule has 1 aromatic carbocycles. The van der Waals surface area contributed by atoms with Gasteiger partial charge in [-0.25, -0.2) is 0 Å². The van der Waals surface area contributed by atoms with Gasteiger partial charge < -0.3 is 10.0 Å². The van der Waals surface area contributed by atoms with E-state index in [0.29, 0.717) is 18.7 Å². The minimum Gasteiger partial charge on any atom is -0.396 e. The Kier molecular flexibility index (Phi) is 6.74. The SMILES string of the molecule is CN(CCCO)C(=O)CSCc1ccccc1. The average Bonchev–Trinajstić information content (AvgIpc) is 2.37. The van der Waals surface area contributed by atoms with Gasteiger partial charge in [0.25, 0.3) is 0 Å². The van der Waals surface area contributed by atoms with Crippen LogP contribution in [0.25, 0.3) is 0 Å². The van der Waals surface area contributed by atoms with Crippen molar-refractivity contribution in [2.75, 3.05) is 26.0 Å². The lowest BCUT2D eigenvalue weighted by atomic mass is 10.2. The number of aliphatic hydroxyl groups is 1. The van der Waals surface area contributed by atoms with Crippen LogP contribution in [0.2, 0.25) is 0 Å². The summed E-state index contributed by atoms with van der Waals surface area (Å²) < 4.78 is 0. The second-order valence-electron chi connectivity index (χ2n) is 3.87. The highest BCUT2D eigenvalue weighted by molar-refractivity contribution is 7.99. The molecule has 1 rings (SSSR count). The molecule has 0 unspecified atom stereocenters. The molecule has 0 saturated carbocycles. The molecule has 0 aromatic heterocycles. The highest BCUT2D eigenvalue weighted by Gasteiger charge is 2.07. The number of rotatable bonds is 7. The lowest BCUT2D eigenvalue weighted by Crippen LogP contribution is -2.29. The van der Waals surface area contributed by atoms with Crippen molar-refractivity contribution in [1.29, 1.82) is 0 Å². The van der Waals surface area contributed by atoms with Gasteiger partial charge >= 0.3 is 0 Å². The van der Waals surface area contributed by atoms with Gasteiger partial charge in [0.15, 0.2) is 0 Å². The van der Waals surface area contributed by atoms with Crippen molar-refractivity contribution < 1.29 is 9.90 Å². The maximum atomic E-state index is 11.7. The third-order valence-corrected chi connectivity index (χ3v) is 3.40. The summed E-state index contributed by atoms with van der Waals surface area (Å²) in [5.41, 5.74) is 1.24. The fourth-order valence-corrected chi connectivity index (χ4v) is 2.30. The molecule has 0 aliphatic rings. The monoisotopic (exact) mass is 253 g/mol. The molecule has 0 heterocycles. The molecule has 1 amide bonds. The van der Waals surface area contributed by atoms with Gasteiger partial charge in [-0.1, -0.05) is 30.3 Å². The summed E-state index contributed by atoms with van der Waals surface area (Å²) in [6, 6.07) is 10.1. The Morgan fingerprint density at radius 2 is 2.06 bits per heavy atom. The highest BCUT2D eigenvalue weighted by atomic mass is 32.2. The van der Waals surface area contributed by atoms with E-state index in [0.717, 1.165) is 5.75 Å². The van der Waals surface area contributed by atoms with E-state index in [-0.39, 0.29) is 12.5 Å². The third-order valence-electron chi connectivity index (χ3n) is 2.41. The average molecular weight is 253 g/mol. The zero-order valence-electron chi connectivity index (χ0n) is 10.1. The van der Waals surface area contributed by atoms with E-state index in [1.807, 2.05) is 18.2 Å². The van der Waals surface area contributed by atoms with Crippen LogP contribution in [0.4, 0.5) is 0 Å². The molecule has 0 aliphatic heterocycles. The molecular formula is C13H19NO2S. The van der Waals surface area contributed by atoms with Gasteiger partial charge in [-0.05, 0) is 12.0 Å². The van der Waals surface area contributed by atoms with Gasteiger partial charge in [-0.3, -0.25) is 4.79 Å². The Bertz CT molecular complexity index is 329. The first kappa shape index (κ1) is 14.1. The van der Waals surface area contributed by atoms with E-state index < -0.39 is 0 Å². The van der Waals surface area contributed by atoms with E-state index in [1.54, 1.807) is 23.7 Å². The van der Waals surface area contributed by atoms with Crippen LogP contribution in [0, 0.1) is 0 Å². The molecule has 0 atom stereocenters. The number of hydrogen-bond acceptors (Lipinski definition) is 3. The number of hydrogen-bond donors (Lipinski definition) is 1. The van der Waals surface area contributed by atoms with Crippen LogP contribution in [0.5, 0.6) is 0 Å². The molecule has 0 saturated heterocycles. The van der Waals surface area contributed by atoms with Crippen LogP contribution in [0.15, 0.2) is 30.3 Å². The van der Waals surface area contributed by atoms with E-state index in [4.69, 9.17) is 5.11 Å². The second-order valence-corrected chi connectivity index (χ2v) is 4.86. The first-order chi connectivity index (χ1) is 8.24. The third kappa shape index (κ3) is 5.75. The lowest BCUT2D eigenvalue weighted by molar-refractivity contribution is -0.127. The smallest absolute Gasteiger partial charge is 0.232 e. The lowest BCUT2D eigenvalue weighted by Gasteiger charge is -2.16. The van der Waals surface area contributed by atoms with Crippen molar-refractivity contribution in [2.24, 2.45) is 0 Å². The number of thioether (sulfide) groups is 1. The molecule has 1 N–H and O–H groups in total. The van der Waals surface area contributed by atoms with E-state index >= 15 is 0 Å². The molecule has 94 valence electrons. The van der Waals surface area contributed by atoms with Crippen LogP contribution >= 0.6 is 11.8 Å². The Morgan fingerprint density at radius 1 is 1.35 bits per heavy atom. The van der Waals surface area contributed by atoms with E-state index in [9.17, 15) is 4.79 Å². The summed E-state index contributed by atoms with van der Waals surface area (Å²) in [7, 11) is 1.78. The molecule has 0 aliphatic carbocycles. The predicted octanol–water partition coefficient (Wildman–Crippen LogP) is 1.76. The number of amides is 1. The fraction of sp³-hybridized carbons (Fsp3) is 0.462. The fourth-order valence-electron chi connectivity index (χ4n) is 1.37. The maximum Gasteiger partial charge on any atom is 0.232 e. The van der Waals surface area contributed by atoms with Crippen molar-refractivity contribution in [3.05, 3.63) is 35.9 Å². The van der Waals surface area contributed by atoms with Crippen molar-refractivity contribution in [3.63, 3.8) is 0 Å². The summed E-state index contributed by atoms with van der Waals surface area (Å²) in [5.74, 6) is 1.48. The largest absolute Gasteiger partial charge is 0.396 e. The van der Waals surface area contributed by atoms with Gasteiger partial charge in [0.2, 0.25) is 5.91 Å². The van der Waals surface area contributed by atoms with Crippen LogP contribution in [-0.4, -0.2) is 41.9 Å². The molecular weight excluding hydrogens is 234 g/mol. The zero-order valence-corrected chi connectivity index (χ0v) is 10.9. The Labute approximate surface area is 107 Å². The number of aliphatic hydroxyl groups excluding tert-OH is 1. The number of nitrogens with zero attached hydrogens (tertiary/aromatic N) is 1. The minimum atomic E-state index is 0.124. The normalized spacial score (nSPS) is 10.2. The molecule has 0 radical (unpaired) electrons. The van der Waals surface area contributed by atoms with Crippen LogP contribution in [0.1, 0.15) is 12.0 Å². The van der Waals surface area contributed by atoms with Gasteiger partial charge in [-0.2, -0.15) is 0 Å². The van der Waals surface area contributed by atoms with Gasteiger partial charge in [0.1, 0.15) is 0 Å². The number of benzene rings is 1. The summed E-state index contributed by atoms with van der Waals surface area (Å²) >= 11 is 1.62. The standard InChI is InChI=1S/C13H19NO2S/c1-14(8-5-9-15)13(16)11-17-10-12-6-3-2-4-7-12/h2-4,6-7,15H,5,8-11H2,1H3. The van der Waals surface area contributed by atoms with Gasteiger partial charge in [0, 0.05) is 26.0 Å². The highest BCUT2D eigenvalue weighted by Crippen LogP contribution is 2.12. The number of carbonyl (C=O) groups is 1. The minimum absolute atomic E-state index is 0.124. The zero-order chi connectivity index (χ0) is 12.5. The Hall–Kier alpha value is -1.00. The molecule has 0 spiro atoms. The molecule has 3 nitrogen and oxygen atoms in total. The first-order valence-corrected chi connectivity index (χ1v) is 6.86. The summed E-state index contributed by atoms with van der Waals surface area (Å²) in [5, 5.41) is 8.68. The molecule has 0 bridgehead atoms. The number of carbonyl (C=O) groups excluding carboxylic acids is 1. The Morgan fingerprint density at radius 3 is 2.71 bits per heavy atom. The van der Waals surface area contributed by atoms with Gasteiger partial charge in [0.05, 0.1) is 5.75 Å². The van der Waals surface area contributed by atoms with Crippen LogP contribution < -0.4 is 0 Å². The van der Waals surface area contributed by atoms with E-state index in [2.05, 4.69) is 12.1 Å². The van der Waals surface area contributed by atoms with Gasteiger partial charge in [-0.15, -0.1) is 11.8 Å². The summed E-state index contributed by atoms with van der Waals surface area (Å²) in [6.45, 7) is 0.760. The topological polar surface area (TPSA) is 40.5 Å². The van der Waals surface area contributed by atoms with Crippen molar-refractivity contribution >= 4 is 17.7 Å². The van der Waals surface area contributed by atoms with Crippen molar-refractivity contribution in [2.45, 2.75) is 12.2 Å². The van der Waals surface area contributed by atoms with Crippen molar-refractivity contribution in [1.82, 2.24) is 4.90 Å². The molecule has 4 heteroatoms. The summed E-state index contributed by atoms with van der Waals surface area (Å²) in [6.07, 6.45) is 0.644. The van der Waals surface area contributed by atoms with Crippen LogP contribution in [-0.2, 0) is 10.5 Å². The van der Waals surface area contributed by atoms with Crippen molar-refractivity contribution in [3.8, 4) is 0 Å². The second kappa shape index (κ2) is 8.14. The quantitative estimate of drug-likeness (QED) is 0.805.